The summed E-state index contributed by atoms with van der Waals surface area (Å²) < 4.78 is 19.9. The third-order valence-corrected chi connectivity index (χ3v) is 8.55. The summed E-state index contributed by atoms with van der Waals surface area (Å²) in [5.74, 6) is -1.41. The van der Waals surface area contributed by atoms with Crippen LogP contribution in [0, 0.1) is 5.82 Å². The summed E-state index contributed by atoms with van der Waals surface area (Å²) in [6, 6.07) is 18.7. The first-order chi connectivity index (χ1) is 22.3. The molecular weight excluding hydrogens is 615 g/mol. The summed E-state index contributed by atoms with van der Waals surface area (Å²) in [4.78, 5) is 48.5. The van der Waals surface area contributed by atoms with Gasteiger partial charge in [-0.3, -0.25) is 9.59 Å². The van der Waals surface area contributed by atoms with Crippen molar-refractivity contribution in [2.75, 3.05) is 44.7 Å². The number of amides is 2. The molecule has 0 radical (unpaired) electrons. The molecule has 2 aliphatic rings. The number of rotatable bonds is 8. The summed E-state index contributed by atoms with van der Waals surface area (Å²) in [5, 5.41) is 18.3. The maximum atomic E-state index is 14.0. The molecule has 0 bridgehead atoms. The van der Waals surface area contributed by atoms with Gasteiger partial charge in [0.05, 0.1) is 23.8 Å². The number of anilines is 1. The Balaban J connectivity index is 1.27. The SMILES string of the molecule is O=C(c1cccc(C(=O)n2nc(C3CCN(C(=O)N4CCOCC4)C3)nc2NCc2ccc(F)cc2)c1Cl)C(O)c1ccccc1. The number of hydrogen-bond donors (Lipinski definition) is 2. The zero-order valence-corrected chi connectivity index (χ0v) is 25.6. The molecule has 3 aromatic carbocycles. The number of aliphatic hydroxyl groups excluding tert-OH is 1. The van der Waals surface area contributed by atoms with Crippen LogP contribution in [-0.2, 0) is 11.3 Å². The van der Waals surface area contributed by atoms with Crippen molar-refractivity contribution in [1.82, 2.24) is 24.6 Å². The van der Waals surface area contributed by atoms with Gasteiger partial charge in [0.25, 0.3) is 5.91 Å². The highest BCUT2D eigenvalue weighted by molar-refractivity contribution is 6.37. The topological polar surface area (TPSA) is 130 Å². The molecule has 13 heteroatoms. The summed E-state index contributed by atoms with van der Waals surface area (Å²) in [6.07, 6.45) is -0.867. The highest BCUT2D eigenvalue weighted by Crippen LogP contribution is 2.30. The van der Waals surface area contributed by atoms with Crippen molar-refractivity contribution in [2.45, 2.75) is 25.0 Å². The number of carbonyl (C=O) groups is 3. The Morgan fingerprint density at radius 3 is 2.41 bits per heavy atom. The predicted molar refractivity (Wildman–Crippen MR) is 167 cm³/mol. The van der Waals surface area contributed by atoms with Gasteiger partial charge in [0, 0.05) is 44.2 Å². The summed E-state index contributed by atoms with van der Waals surface area (Å²) in [7, 11) is 0. The number of morpholine rings is 1. The average molecular weight is 647 g/mol. The van der Waals surface area contributed by atoms with Gasteiger partial charge < -0.3 is 25.0 Å². The van der Waals surface area contributed by atoms with Gasteiger partial charge in [-0.05, 0) is 41.8 Å². The van der Waals surface area contributed by atoms with E-state index in [1.54, 1.807) is 52.3 Å². The van der Waals surface area contributed by atoms with Crippen LogP contribution in [0.3, 0.4) is 0 Å². The minimum atomic E-state index is -1.47. The summed E-state index contributed by atoms with van der Waals surface area (Å²) >= 11 is 6.65. The van der Waals surface area contributed by atoms with Crippen molar-refractivity contribution in [1.29, 1.82) is 0 Å². The van der Waals surface area contributed by atoms with E-state index in [2.05, 4.69) is 15.4 Å². The highest BCUT2D eigenvalue weighted by atomic mass is 35.5. The van der Waals surface area contributed by atoms with Gasteiger partial charge >= 0.3 is 6.03 Å². The van der Waals surface area contributed by atoms with Crippen molar-refractivity contribution < 1.29 is 28.6 Å². The maximum Gasteiger partial charge on any atom is 0.320 e. The minimum absolute atomic E-state index is 0.00963. The Hall–Kier alpha value is -4.65. The van der Waals surface area contributed by atoms with Crippen LogP contribution in [0.25, 0.3) is 0 Å². The van der Waals surface area contributed by atoms with Gasteiger partial charge in [-0.2, -0.15) is 9.67 Å². The number of ether oxygens (including phenoxy) is 1. The lowest BCUT2D eigenvalue weighted by atomic mass is 9.98. The lowest BCUT2D eigenvalue weighted by molar-refractivity contribution is 0.0450. The second kappa shape index (κ2) is 13.8. The van der Waals surface area contributed by atoms with E-state index in [0.29, 0.717) is 57.2 Å². The Labute approximate surface area is 269 Å². The Kier molecular flexibility index (Phi) is 9.38. The third-order valence-electron chi connectivity index (χ3n) is 8.14. The number of likely N-dealkylation sites (tertiary alicyclic amines) is 1. The van der Waals surface area contributed by atoms with Gasteiger partial charge in [-0.15, -0.1) is 5.10 Å². The van der Waals surface area contributed by atoms with E-state index in [9.17, 15) is 23.9 Å². The van der Waals surface area contributed by atoms with Gasteiger partial charge in [0.15, 0.2) is 11.6 Å². The number of carbonyl (C=O) groups excluding carboxylic acids is 3. The largest absolute Gasteiger partial charge is 0.380 e. The van der Waals surface area contributed by atoms with E-state index in [1.807, 2.05) is 0 Å². The van der Waals surface area contributed by atoms with Crippen LogP contribution in [0.15, 0.2) is 72.8 Å². The van der Waals surface area contributed by atoms with E-state index in [-0.39, 0.29) is 46.4 Å². The smallest absolute Gasteiger partial charge is 0.320 e. The number of aliphatic hydroxyl groups is 1. The Morgan fingerprint density at radius 1 is 0.957 bits per heavy atom. The normalized spacial score (nSPS) is 17.2. The fourth-order valence-electron chi connectivity index (χ4n) is 5.58. The van der Waals surface area contributed by atoms with E-state index in [1.165, 1.54) is 30.3 Å². The van der Waals surface area contributed by atoms with Crippen LogP contribution in [0.2, 0.25) is 5.02 Å². The molecule has 6 rings (SSSR count). The lowest BCUT2D eigenvalue weighted by Crippen LogP contribution is -2.47. The molecule has 2 amide bonds. The zero-order chi connectivity index (χ0) is 32.2. The molecular formula is C33H32ClFN6O5. The van der Waals surface area contributed by atoms with E-state index < -0.39 is 17.8 Å². The van der Waals surface area contributed by atoms with Crippen LogP contribution < -0.4 is 5.32 Å². The van der Waals surface area contributed by atoms with Crippen molar-refractivity contribution in [3.05, 3.63) is 112 Å². The number of benzene rings is 3. The van der Waals surface area contributed by atoms with Gasteiger partial charge in [0.2, 0.25) is 5.95 Å². The van der Waals surface area contributed by atoms with Crippen LogP contribution in [0.5, 0.6) is 0 Å². The summed E-state index contributed by atoms with van der Waals surface area (Å²) in [5.41, 5.74) is 1.11. The molecule has 0 saturated carbocycles. The number of halogens is 2. The first kappa shape index (κ1) is 31.3. The van der Waals surface area contributed by atoms with Gasteiger partial charge in [-0.1, -0.05) is 60.1 Å². The van der Waals surface area contributed by atoms with Crippen molar-refractivity contribution >= 4 is 35.3 Å². The molecule has 2 N–H and O–H groups in total. The van der Waals surface area contributed by atoms with Crippen LogP contribution in [-0.4, -0.2) is 86.8 Å². The molecule has 1 aromatic heterocycles. The maximum absolute atomic E-state index is 14.0. The molecule has 3 heterocycles. The fourth-order valence-corrected chi connectivity index (χ4v) is 5.88. The molecule has 0 spiro atoms. The molecule has 4 aromatic rings. The second-order valence-corrected chi connectivity index (χ2v) is 11.5. The molecule has 46 heavy (non-hydrogen) atoms. The first-order valence-electron chi connectivity index (χ1n) is 15.0. The number of aromatic nitrogens is 3. The fraction of sp³-hybridized carbons (Fsp3) is 0.303. The Bertz CT molecular complexity index is 1730. The molecule has 2 saturated heterocycles. The standard InChI is InChI=1S/C33H32ClFN6O5/c34-27-25(29(43)28(42)22-5-2-1-3-6-22)7-4-8-26(27)31(44)41-32(36-19-21-9-11-24(35)12-10-21)37-30(38-41)23-13-14-40(20-23)33(45)39-15-17-46-18-16-39/h1-12,23,28,42H,13-20H2,(H,36,37,38). The lowest BCUT2D eigenvalue weighted by Gasteiger charge is -2.30. The van der Waals surface area contributed by atoms with Crippen LogP contribution >= 0.6 is 11.6 Å². The van der Waals surface area contributed by atoms with E-state index in [4.69, 9.17) is 16.3 Å². The summed E-state index contributed by atoms with van der Waals surface area (Å²) in [6.45, 7) is 3.18. The zero-order valence-electron chi connectivity index (χ0n) is 24.8. The number of nitrogens with one attached hydrogen (secondary N) is 1. The second-order valence-electron chi connectivity index (χ2n) is 11.1. The first-order valence-corrected chi connectivity index (χ1v) is 15.3. The van der Waals surface area contributed by atoms with Crippen molar-refractivity contribution in [3.63, 3.8) is 0 Å². The minimum Gasteiger partial charge on any atom is -0.380 e. The predicted octanol–water partition coefficient (Wildman–Crippen LogP) is 4.53. The van der Waals surface area contributed by atoms with E-state index in [0.717, 1.165) is 10.2 Å². The molecule has 2 fully saturated rings. The number of Topliss-reactive ketones (excluding diaryl/α,β-unsaturated/α-hetero) is 1. The molecule has 11 nitrogen and oxygen atoms in total. The van der Waals surface area contributed by atoms with E-state index >= 15 is 0 Å². The number of urea groups is 1. The molecule has 2 unspecified atom stereocenters. The number of ketones is 1. The van der Waals surface area contributed by atoms with Crippen LogP contribution in [0.4, 0.5) is 15.1 Å². The highest BCUT2D eigenvalue weighted by Gasteiger charge is 2.34. The van der Waals surface area contributed by atoms with Crippen molar-refractivity contribution in [2.24, 2.45) is 0 Å². The average Bonchev–Trinajstić information content (AvgIpc) is 3.76. The van der Waals surface area contributed by atoms with Crippen LogP contribution in [0.1, 0.15) is 56.1 Å². The molecule has 0 aliphatic carbocycles. The Morgan fingerprint density at radius 2 is 1.67 bits per heavy atom. The molecule has 2 atom stereocenters. The van der Waals surface area contributed by atoms with Gasteiger partial charge in [0.1, 0.15) is 11.9 Å². The molecule has 2 aliphatic heterocycles. The van der Waals surface area contributed by atoms with Gasteiger partial charge in [-0.25, -0.2) is 9.18 Å². The molecule has 238 valence electrons. The van der Waals surface area contributed by atoms with Crippen molar-refractivity contribution in [3.8, 4) is 0 Å². The monoisotopic (exact) mass is 646 g/mol. The number of hydrogen-bond acceptors (Lipinski definition) is 8. The number of nitrogens with zero attached hydrogens (tertiary/aromatic N) is 5. The third kappa shape index (κ3) is 6.64. The quantitative estimate of drug-likeness (QED) is 0.267.